The zero-order valence-electron chi connectivity index (χ0n) is 21.1. The first-order chi connectivity index (χ1) is 16.9. The zero-order valence-corrected chi connectivity index (χ0v) is 21.1. The van der Waals surface area contributed by atoms with E-state index >= 15 is 8.78 Å². The number of halogens is 4. The molecule has 2 aromatic rings. The summed E-state index contributed by atoms with van der Waals surface area (Å²) in [6, 6.07) is 5.78. The summed E-state index contributed by atoms with van der Waals surface area (Å²) < 4.78 is 59.0. The fraction of sp³-hybridized carbons (Fsp3) is 0.548. The maximum absolute atomic E-state index is 15.1. The summed E-state index contributed by atoms with van der Waals surface area (Å²) in [6.45, 7) is 3.80. The number of hydrogen-bond acceptors (Lipinski definition) is 0. The Hall–Kier alpha value is -2.10. The number of aryl methyl sites for hydroxylation is 1. The Morgan fingerprint density at radius 2 is 1.29 bits per heavy atom. The van der Waals surface area contributed by atoms with Gasteiger partial charge in [0.1, 0.15) is 0 Å². The summed E-state index contributed by atoms with van der Waals surface area (Å²) >= 11 is 0. The van der Waals surface area contributed by atoms with Gasteiger partial charge in [-0.2, -0.15) is 0 Å². The Labute approximate surface area is 207 Å². The van der Waals surface area contributed by atoms with E-state index < -0.39 is 23.3 Å². The van der Waals surface area contributed by atoms with Gasteiger partial charge in [0.2, 0.25) is 0 Å². The first-order valence-electron chi connectivity index (χ1n) is 13.5. The van der Waals surface area contributed by atoms with Crippen LogP contribution in [-0.2, 0) is 6.42 Å². The van der Waals surface area contributed by atoms with E-state index in [1.165, 1.54) is 56.7 Å². The molecule has 190 valence electrons. The van der Waals surface area contributed by atoms with Gasteiger partial charge in [-0.15, -0.1) is 0 Å². The Morgan fingerprint density at radius 3 is 1.89 bits per heavy atom. The predicted molar refractivity (Wildman–Crippen MR) is 135 cm³/mol. The molecule has 2 aliphatic carbocycles. The van der Waals surface area contributed by atoms with Crippen LogP contribution in [0.5, 0.6) is 0 Å². The number of hydrogen-bond donors (Lipinski definition) is 0. The molecule has 0 saturated heterocycles. The highest BCUT2D eigenvalue weighted by molar-refractivity contribution is 5.66. The highest BCUT2D eigenvalue weighted by Gasteiger charge is 2.32. The van der Waals surface area contributed by atoms with Crippen LogP contribution < -0.4 is 0 Å². The van der Waals surface area contributed by atoms with Crippen molar-refractivity contribution in [3.63, 3.8) is 0 Å². The lowest BCUT2D eigenvalue weighted by Crippen LogP contribution is -2.25. The van der Waals surface area contributed by atoms with Crippen LogP contribution in [-0.4, -0.2) is 0 Å². The normalized spacial score (nSPS) is 25.3. The molecule has 2 saturated carbocycles. The van der Waals surface area contributed by atoms with E-state index in [4.69, 9.17) is 0 Å². The third-order valence-corrected chi connectivity index (χ3v) is 8.69. The molecule has 2 aliphatic rings. The molecule has 2 fully saturated rings. The van der Waals surface area contributed by atoms with Gasteiger partial charge in [0.15, 0.2) is 23.3 Å². The second-order valence-corrected chi connectivity index (χ2v) is 10.6. The molecular formula is C31H38F4. The molecular weight excluding hydrogens is 448 g/mol. The van der Waals surface area contributed by atoms with Gasteiger partial charge >= 0.3 is 0 Å². The van der Waals surface area contributed by atoms with Crippen LogP contribution in [0.25, 0.3) is 11.1 Å². The lowest BCUT2D eigenvalue weighted by atomic mass is 9.68. The van der Waals surface area contributed by atoms with E-state index in [2.05, 4.69) is 19.1 Å². The van der Waals surface area contributed by atoms with Crippen molar-refractivity contribution in [3.8, 4) is 11.1 Å². The monoisotopic (exact) mass is 486 g/mol. The summed E-state index contributed by atoms with van der Waals surface area (Å²) in [6.07, 6.45) is 16.3. The molecule has 0 heterocycles. The summed E-state index contributed by atoms with van der Waals surface area (Å²) in [5.41, 5.74) is 0.156. The van der Waals surface area contributed by atoms with Crippen LogP contribution in [0, 0.1) is 41.0 Å². The van der Waals surface area contributed by atoms with E-state index in [9.17, 15) is 8.78 Å². The topological polar surface area (TPSA) is 0 Å². The fourth-order valence-electron chi connectivity index (χ4n) is 6.51. The molecule has 0 aromatic heterocycles. The van der Waals surface area contributed by atoms with E-state index in [1.54, 1.807) is 13.0 Å². The zero-order chi connectivity index (χ0) is 24.9. The number of allylic oxidation sites excluding steroid dienone is 2. The van der Waals surface area contributed by atoms with E-state index in [0.717, 1.165) is 37.5 Å². The van der Waals surface area contributed by atoms with Gasteiger partial charge in [-0.25, -0.2) is 17.6 Å². The van der Waals surface area contributed by atoms with Crippen molar-refractivity contribution >= 4 is 0 Å². The molecule has 0 aliphatic heterocycles. The van der Waals surface area contributed by atoms with Gasteiger partial charge in [-0.05, 0) is 99.5 Å². The Kier molecular flexibility index (Phi) is 8.73. The van der Waals surface area contributed by atoms with Crippen LogP contribution in [0.4, 0.5) is 17.6 Å². The third kappa shape index (κ3) is 5.67. The summed E-state index contributed by atoms with van der Waals surface area (Å²) in [5.74, 6) is -1.81. The lowest BCUT2D eigenvalue weighted by molar-refractivity contribution is 0.156. The van der Waals surface area contributed by atoms with Crippen molar-refractivity contribution in [1.82, 2.24) is 0 Å². The third-order valence-electron chi connectivity index (χ3n) is 8.69. The van der Waals surface area contributed by atoms with Crippen LogP contribution in [0.15, 0.2) is 36.4 Å². The molecule has 0 amide bonds. The smallest absolute Gasteiger partial charge is 0.167 e. The maximum Gasteiger partial charge on any atom is 0.167 e. The predicted octanol–water partition coefficient (Wildman–Crippen LogP) is 9.91. The minimum atomic E-state index is -1.12. The Bertz CT molecular complexity index is 1020. The molecule has 0 radical (unpaired) electrons. The standard InChI is InChI=1S/C31H38F4/c1-3-5-6-7-20-8-10-22(11-9-20)23-12-14-24(15-13-23)25-18-19-27(31(35)29(25)33)26-17-16-21(4-2)28(32)30(26)34/h3,5,16-20,22-24H,4,6-15H2,1-2H3/b5-3+. The molecule has 0 bridgehead atoms. The molecule has 35 heavy (non-hydrogen) atoms. The van der Waals surface area contributed by atoms with E-state index in [-0.39, 0.29) is 22.6 Å². The molecule has 4 heteroatoms. The average molecular weight is 487 g/mol. The Morgan fingerprint density at radius 1 is 0.714 bits per heavy atom. The van der Waals surface area contributed by atoms with E-state index in [1.807, 2.05) is 0 Å². The van der Waals surface area contributed by atoms with Crippen molar-refractivity contribution in [3.05, 3.63) is 70.8 Å². The molecule has 0 N–H and O–H groups in total. The van der Waals surface area contributed by atoms with Crippen molar-refractivity contribution in [2.75, 3.05) is 0 Å². The van der Waals surface area contributed by atoms with Crippen molar-refractivity contribution in [2.24, 2.45) is 17.8 Å². The molecule has 2 aromatic carbocycles. The van der Waals surface area contributed by atoms with Crippen molar-refractivity contribution in [1.29, 1.82) is 0 Å². The molecule has 0 spiro atoms. The highest BCUT2D eigenvalue weighted by Crippen LogP contribution is 2.45. The number of rotatable bonds is 7. The first kappa shape index (κ1) is 26.0. The largest absolute Gasteiger partial charge is 0.203 e. The quantitative estimate of drug-likeness (QED) is 0.270. The Balaban J connectivity index is 1.39. The highest BCUT2D eigenvalue weighted by atomic mass is 19.2. The molecule has 0 nitrogen and oxygen atoms in total. The van der Waals surface area contributed by atoms with Gasteiger partial charge < -0.3 is 0 Å². The summed E-state index contributed by atoms with van der Waals surface area (Å²) in [5, 5.41) is 0. The van der Waals surface area contributed by atoms with Crippen LogP contribution in [0.3, 0.4) is 0 Å². The molecule has 0 atom stereocenters. The van der Waals surface area contributed by atoms with Gasteiger partial charge in [-0.3, -0.25) is 0 Å². The first-order valence-corrected chi connectivity index (χ1v) is 13.5. The van der Waals surface area contributed by atoms with Crippen LogP contribution >= 0.6 is 0 Å². The fourth-order valence-corrected chi connectivity index (χ4v) is 6.51. The molecule has 4 rings (SSSR count). The van der Waals surface area contributed by atoms with Gasteiger partial charge in [-0.1, -0.05) is 56.2 Å². The second-order valence-electron chi connectivity index (χ2n) is 10.6. The minimum Gasteiger partial charge on any atom is -0.203 e. The average Bonchev–Trinajstić information content (AvgIpc) is 2.88. The lowest BCUT2D eigenvalue weighted by Gasteiger charge is -2.38. The van der Waals surface area contributed by atoms with Crippen molar-refractivity contribution < 1.29 is 17.6 Å². The van der Waals surface area contributed by atoms with Gasteiger partial charge in [0.05, 0.1) is 0 Å². The van der Waals surface area contributed by atoms with Gasteiger partial charge in [0, 0.05) is 11.1 Å². The van der Waals surface area contributed by atoms with E-state index in [0.29, 0.717) is 17.9 Å². The van der Waals surface area contributed by atoms with Crippen molar-refractivity contribution in [2.45, 2.75) is 90.4 Å². The summed E-state index contributed by atoms with van der Waals surface area (Å²) in [7, 11) is 0. The molecule has 0 unspecified atom stereocenters. The maximum atomic E-state index is 15.1. The second kappa shape index (κ2) is 11.8. The van der Waals surface area contributed by atoms with Crippen LogP contribution in [0.2, 0.25) is 0 Å². The summed E-state index contributed by atoms with van der Waals surface area (Å²) in [4.78, 5) is 0. The number of benzene rings is 2. The van der Waals surface area contributed by atoms with Gasteiger partial charge in [0.25, 0.3) is 0 Å². The SMILES string of the molecule is C/C=C/CCC1CCC(C2CCC(c3ccc(-c4ccc(CC)c(F)c4F)c(F)c3F)CC2)CC1. The van der Waals surface area contributed by atoms with Crippen LogP contribution in [0.1, 0.15) is 95.1 Å². The minimum absolute atomic E-state index is 0.0176.